The normalized spacial score (nSPS) is 10.5. The van der Waals surface area contributed by atoms with E-state index in [1.165, 1.54) is 0 Å². The molecule has 0 unspecified atom stereocenters. The summed E-state index contributed by atoms with van der Waals surface area (Å²) in [7, 11) is 2.05. The summed E-state index contributed by atoms with van der Waals surface area (Å²) in [6.07, 6.45) is 3.49. The third-order valence-electron chi connectivity index (χ3n) is 1.82. The van der Waals surface area contributed by atoms with E-state index in [1.807, 2.05) is 12.3 Å². The summed E-state index contributed by atoms with van der Waals surface area (Å²) >= 11 is 0. The van der Waals surface area contributed by atoms with Crippen molar-refractivity contribution in [1.29, 1.82) is 0 Å². The van der Waals surface area contributed by atoms with E-state index in [9.17, 15) is 0 Å². The van der Waals surface area contributed by atoms with Gasteiger partial charge in [-0.15, -0.1) is 0 Å². The van der Waals surface area contributed by atoms with Crippen LogP contribution >= 0.6 is 0 Å². The van der Waals surface area contributed by atoms with Crippen LogP contribution < -0.4 is 10.6 Å². The van der Waals surface area contributed by atoms with Crippen molar-refractivity contribution in [3.63, 3.8) is 0 Å². The van der Waals surface area contributed by atoms with Crippen LogP contribution in [0.5, 0.6) is 0 Å². The summed E-state index contributed by atoms with van der Waals surface area (Å²) in [6, 6.07) is 1.94. The molecule has 13 heavy (non-hydrogen) atoms. The highest BCUT2D eigenvalue weighted by Crippen LogP contribution is 2.14. The minimum Gasteiger partial charge on any atom is -0.397 e. The summed E-state index contributed by atoms with van der Waals surface area (Å²) in [6.45, 7) is 5.40. The van der Waals surface area contributed by atoms with Crippen molar-refractivity contribution < 1.29 is 0 Å². The first-order chi connectivity index (χ1) is 6.09. The van der Waals surface area contributed by atoms with Gasteiger partial charge >= 0.3 is 0 Å². The van der Waals surface area contributed by atoms with Crippen LogP contribution in [0.25, 0.3) is 0 Å². The Labute approximate surface area is 79.6 Å². The largest absolute Gasteiger partial charge is 0.397 e. The second-order valence-electron chi connectivity index (χ2n) is 3.75. The Hall–Kier alpha value is -1.25. The summed E-state index contributed by atoms with van der Waals surface area (Å²) in [4.78, 5) is 6.21. The molecular formula is C10H17N3. The molecule has 1 heterocycles. The maximum atomic E-state index is 5.64. The van der Waals surface area contributed by atoms with E-state index < -0.39 is 0 Å². The Morgan fingerprint density at radius 2 is 2.15 bits per heavy atom. The number of anilines is 2. The molecule has 0 aliphatic carbocycles. The van der Waals surface area contributed by atoms with Gasteiger partial charge in [-0.05, 0) is 12.0 Å². The number of nitrogens with zero attached hydrogens (tertiary/aromatic N) is 2. The van der Waals surface area contributed by atoms with E-state index in [4.69, 9.17) is 5.73 Å². The Morgan fingerprint density at radius 3 is 2.69 bits per heavy atom. The number of pyridine rings is 1. The zero-order chi connectivity index (χ0) is 9.84. The van der Waals surface area contributed by atoms with Crippen LogP contribution in [-0.4, -0.2) is 18.6 Å². The predicted molar refractivity (Wildman–Crippen MR) is 56.8 cm³/mol. The molecule has 72 valence electrons. The SMILES string of the molecule is CC(C)CN(C)c1cncc(N)c1. The van der Waals surface area contributed by atoms with Gasteiger partial charge in [0.2, 0.25) is 0 Å². The third-order valence-corrected chi connectivity index (χ3v) is 1.82. The van der Waals surface area contributed by atoms with Crippen molar-refractivity contribution in [2.24, 2.45) is 5.92 Å². The Balaban J connectivity index is 2.71. The lowest BCUT2D eigenvalue weighted by molar-refractivity contribution is 0.638. The molecule has 1 aromatic rings. The number of aromatic nitrogens is 1. The van der Waals surface area contributed by atoms with Gasteiger partial charge in [0.1, 0.15) is 0 Å². The van der Waals surface area contributed by atoms with Crippen molar-refractivity contribution in [2.75, 3.05) is 24.2 Å². The Morgan fingerprint density at radius 1 is 1.46 bits per heavy atom. The molecule has 0 radical (unpaired) electrons. The summed E-state index contributed by atoms with van der Waals surface area (Å²) < 4.78 is 0. The summed E-state index contributed by atoms with van der Waals surface area (Å²) in [5.41, 5.74) is 7.43. The minimum atomic E-state index is 0.645. The monoisotopic (exact) mass is 179 g/mol. The lowest BCUT2D eigenvalue weighted by Gasteiger charge is -2.21. The van der Waals surface area contributed by atoms with Crippen molar-refractivity contribution in [2.45, 2.75) is 13.8 Å². The molecule has 1 aromatic heterocycles. The quantitative estimate of drug-likeness (QED) is 0.768. The smallest absolute Gasteiger partial charge is 0.0570 e. The molecule has 0 aromatic carbocycles. The van der Waals surface area contributed by atoms with E-state index in [0.29, 0.717) is 11.6 Å². The van der Waals surface area contributed by atoms with Gasteiger partial charge in [0, 0.05) is 19.8 Å². The molecule has 3 nitrogen and oxygen atoms in total. The van der Waals surface area contributed by atoms with Crippen molar-refractivity contribution in [3.05, 3.63) is 18.5 Å². The standard InChI is InChI=1S/C10H17N3/c1-8(2)7-13(3)10-4-9(11)5-12-6-10/h4-6,8H,7,11H2,1-3H3. The number of hydrogen-bond donors (Lipinski definition) is 1. The lowest BCUT2D eigenvalue weighted by Crippen LogP contribution is -2.22. The molecule has 0 amide bonds. The molecule has 0 saturated carbocycles. The second-order valence-corrected chi connectivity index (χ2v) is 3.75. The van der Waals surface area contributed by atoms with Crippen molar-refractivity contribution in [1.82, 2.24) is 4.98 Å². The Bertz CT molecular complexity index is 271. The van der Waals surface area contributed by atoms with Gasteiger partial charge in [-0.25, -0.2) is 0 Å². The molecule has 3 heteroatoms. The number of nitrogens with two attached hydrogens (primary N) is 1. The van der Waals surface area contributed by atoms with Crippen LogP contribution in [0.3, 0.4) is 0 Å². The molecule has 1 rings (SSSR count). The highest BCUT2D eigenvalue weighted by atomic mass is 15.1. The topological polar surface area (TPSA) is 42.2 Å². The van der Waals surface area contributed by atoms with Crippen LogP contribution in [0.4, 0.5) is 11.4 Å². The van der Waals surface area contributed by atoms with Gasteiger partial charge < -0.3 is 10.6 Å². The fourth-order valence-corrected chi connectivity index (χ4v) is 1.31. The number of rotatable bonds is 3. The minimum absolute atomic E-state index is 0.645. The summed E-state index contributed by atoms with van der Waals surface area (Å²) in [5.74, 6) is 0.645. The van der Waals surface area contributed by atoms with Gasteiger partial charge in [-0.3, -0.25) is 4.98 Å². The van der Waals surface area contributed by atoms with Gasteiger partial charge in [-0.2, -0.15) is 0 Å². The highest BCUT2D eigenvalue weighted by molar-refractivity contribution is 5.52. The number of nitrogen functional groups attached to an aromatic ring is 1. The van der Waals surface area contributed by atoms with E-state index in [0.717, 1.165) is 12.2 Å². The fourth-order valence-electron chi connectivity index (χ4n) is 1.31. The maximum Gasteiger partial charge on any atom is 0.0570 e. The molecule has 0 fully saturated rings. The van der Waals surface area contributed by atoms with Crippen LogP contribution in [0.15, 0.2) is 18.5 Å². The Kier molecular flexibility index (Phi) is 3.12. The van der Waals surface area contributed by atoms with Gasteiger partial charge in [0.15, 0.2) is 0 Å². The first-order valence-corrected chi connectivity index (χ1v) is 4.51. The average Bonchev–Trinajstić information content (AvgIpc) is 2.03. The van der Waals surface area contributed by atoms with Gasteiger partial charge in [-0.1, -0.05) is 13.8 Å². The highest BCUT2D eigenvalue weighted by Gasteiger charge is 2.03. The molecule has 0 aliphatic rings. The van der Waals surface area contributed by atoms with E-state index >= 15 is 0 Å². The van der Waals surface area contributed by atoms with Gasteiger partial charge in [0.05, 0.1) is 17.6 Å². The maximum absolute atomic E-state index is 5.64. The zero-order valence-corrected chi connectivity index (χ0v) is 8.49. The zero-order valence-electron chi connectivity index (χ0n) is 8.49. The van der Waals surface area contributed by atoms with Crippen LogP contribution in [0.1, 0.15) is 13.8 Å². The predicted octanol–water partition coefficient (Wildman–Crippen LogP) is 1.76. The van der Waals surface area contributed by atoms with Crippen molar-refractivity contribution in [3.8, 4) is 0 Å². The molecule has 0 bridgehead atoms. The molecular weight excluding hydrogens is 162 g/mol. The van der Waals surface area contributed by atoms with Gasteiger partial charge in [0.25, 0.3) is 0 Å². The molecule has 2 N–H and O–H groups in total. The molecule has 0 saturated heterocycles. The van der Waals surface area contributed by atoms with Crippen LogP contribution in [0.2, 0.25) is 0 Å². The van der Waals surface area contributed by atoms with Crippen LogP contribution in [-0.2, 0) is 0 Å². The molecule has 0 aliphatic heterocycles. The van der Waals surface area contributed by atoms with Crippen molar-refractivity contribution >= 4 is 11.4 Å². The summed E-state index contributed by atoms with van der Waals surface area (Å²) in [5, 5.41) is 0. The first-order valence-electron chi connectivity index (χ1n) is 4.51. The lowest BCUT2D eigenvalue weighted by atomic mass is 10.2. The second kappa shape index (κ2) is 4.12. The average molecular weight is 179 g/mol. The number of hydrogen-bond acceptors (Lipinski definition) is 3. The third kappa shape index (κ3) is 2.93. The molecule has 0 spiro atoms. The van der Waals surface area contributed by atoms with Crippen LogP contribution in [0, 0.1) is 5.92 Å². The van der Waals surface area contributed by atoms with E-state index in [-0.39, 0.29) is 0 Å². The first kappa shape index (κ1) is 9.84. The van der Waals surface area contributed by atoms with E-state index in [2.05, 4.69) is 30.8 Å². The molecule has 0 atom stereocenters. The fraction of sp³-hybridized carbons (Fsp3) is 0.500. The van der Waals surface area contributed by atoms with E-state index in [1.54, 1.807) is 6.20 Å².